The molecule has 0 aliphatic rings. The summed E-state index contributed by atoms with van der Waals surface area (Å²) in [5, 5.41) is 2.72. The number of benzene rings is 1. The van der Waals surface area contributed by atoms with E-state index in [0.717, 1.165) is 0 Å². The third kappa shape index (κ3) is 5.19. The normalized spacial score (nSPS) is 9.87. The Morgan fingerprint density at radius 2 is 2.13 bits per heavy atom. The van der Waals surface area contributed by atoms with Crippen LogP contribution in [0.4, 0.5) is 14.5 Å². The van der Waals surface area contributed by atoms with Gasteiger partial charge in [-0.1, -0.05) is 12.0 Å². The number of hydrogen-bond donors (Lipinski definition) is 1. The Labute approximate surface area is 133 Å². The first-order valence-corrected chi connectivity index (χ1v) is 7.15. The van der Waals surface area contributed by atoms with E-state index in [0.29, 0.717) is 29.1 Å². The van der Waals surface area contributed by atoms with E-state index in [9.17, 15) is 13.6 Å². The van der Waals surface area contributed by atoms with Crippen LogP contribution in [0.3, 0.4) is 0 Å². The van der Waals surface area contributed by atoms with E-state index in [4.69, 9.17) is 0 Å². The van der Waals surface area contributed by atoms with E-state index < -0.39 is 6.67 Å². The van der Waals surface area contributed by atoms with Crippen molar-refractivity contribution in [2.75, 3.05) is 5.32 Å². The summed E-state index contributed by atoms with van der Waals surface area (Å²) in [7, 11) is 0. The molecule has 1 aromatic carbocycles. The van der Waals surface area contributed by atoms with Crippen molar-refractivity contribution in [2.24, 2.45) is 0 Å². The monoisotopic (exact) mass is 314 g/mol. The number of carbonyl (C=O) groups excluding carboxylic acids is 1. The van der Waals surface area contributed by atoms with Gasteiger partial charge < -0.3 is 5.32 Å². The van der Waals surface area contributed by atoms with Crippen LogP contribution in [0.5, 0.6) is 0 Å². The molecule has 0 bridgehead atoms. The van der Waals surface area contributed by atoms with Gasteiger partial charge in [0.2, 0.25) is 5.91 Å². The van der Waals surface area contributed by atoms with E-state index in [1.54, 1.807) is 25.1 Å². The van der Waals surface area contributed by atoms with Gasteiger partial charge in [-0.3, -0.25) is 4.79 Å². The summed E-state index contributed by atoms with van der Waals surface area (Å²) in [6.07, 6.45) is 0.570. The number of amides is 1. The van der Waals surface area contributed by atoms with Crippen LogP contribution >= 0.6 is 0 Å². The van der Waals surface area contributed by atoms with Crippen molar-refractivity contribution < 1.29 is 13.6 Å². The quantitative estimate of drug-likeness (QED) is 0.873. The maximum Gasteiger partial charge on any atom is 0.225 e. The Morgan fingerprint density at radius 3 is 2.87 bits per heavy atom. The minimum Gasteiger partial charge on any atom is -0.326 e. The van der Waals surface area contributed by atoms with Crippen LogP contribution < -0.4 is 5.32 Å². The first kappa shape index (κ1) is 16.6. The predicted octanol–water partition coefficient (Wildman–Crippen LogP) is 3.77. The first-order chi connectivity index (χ1) is 11.1. The topological polar surface area (TPSA) is 42.0 Å². The minimum absolute atomic E-state index is 0.195. The molecule has 0 aliphatic carbocycles. The summed E-state index contributed by atoms with van der Waals surface area (Å²) in [6, 6.07) is 9.15. The highest BCUT2D eigenvalue weighted by atomic mass is 19.1. The number of aryl methyl sites for hydroxylation is 1. The second-order valence-electron chi connectivity index (χ2n) is 4.96. The lowest BCUT2D eigenvalue weighted by atomic mass is 10.2. The van der Waals surface area contributed by atoms with Gasteiger partial charge in [0.1, 0.15) is 18.2 Å². The van der Waals surface area contributed by atoms with E-state index in [1.165, 1.54) is 18.2 Å². The van der Waals surface area contributed by atoms with Gasteiger partial charge in [0.15, 0.2) is 0 Å². The number of carbonyl (C=O) groups is 1. The third-order valence-corrected chi connectivity index (χ3v) is 3.10. The molecule has 0 radical (unpaired) electrons. The number of rotatable bonds is 4. The van der Waals surface area contributed by atoms with Crippen molar-refractivity contribution in [3.8, 4) is 11.8 Å². The molecule has 0 fully saturated rings. The van der Waals surface area contributed by atoms with Crippen LogP contribution in [-0.4, -0.2) is 10.9 Å². The Hall–Kier alpha value is -2.74. The third-order valence-electron chi connectivity index (χ3n) is 3.10. The standard InChI is InChI=1S/C18H16F2N2O/c1-13-11-14(20)9-10-17(13)22-18(23)8-3-2-5-15-6-4-7-16(12-19)21-15/h4,6-7,9-11H,3,8,12H2,1H3,(H,22,23). The van der Waals surface area contributed by atoms with Gasteiger partial charge in [0.05, 0.1) is 5.69 Å². The van der Waals surface area contributed by atoms with E-state index >= 15 is 0 Å². The van der Waals surface area contributed by atoms with Crippen molar-refractivity contribution in [1.82, 2.24) is 4.98 Å². The van der Waals surface area contributed by atoms with Crippen LogP contribution in [0.25, 0.3) is 0 Å². The van der Waals surface area contributed by atoms with Gasteiger partial charge in [-0.15, -0.1) is 0 Å². The van der Waals surface area contributed by atoms with Gasteiger partial charge in [0.25, 0.3) is 0 Å². The number of aromatic nitrogens is 1. The highest BCUT2D eigenvalue weighted by Gasteiger charge is 2.04. The van der Waals surface area contributed by atoms with Crippen LogP contribution in [0, 0.1) is 24.6 Å². The smallest absolute Gasteiger partial charge is 0.225 e. The Morgan fingerprint density at radius 1 is 1.30 bits per heavy atom. The fourth-order valence-corrected chi connectivity index (χ4v) is 1.93. The molecule has 1 amide bonds. The molecule has 0 saturated heterocycles. The highest BCUT2D eigenvalue weighted by Crippen LogP contribution is 2.15. The van der Waals surface area contributed by atoms with Gasteiger partial charge in [0, 0.05) is 18.5 Å². The molecule has 1 N–H and O–H groups in total. The number of anilines is 1. The number of hydrogen-bond acceptors (Lipinski definition) is 2. The SMILES string of the molecule is Cc1cc(F)ccc1NC(=O)CCC#Cc1cccc(CF)n1. The Bertz CT molecular complexity index is 763. The summed E-state index contributed by atoms with van der Waals surface area (Å²) in [6.45, 7) is 1.09. The fourth-order valence-electron chi connectivity index (χ4n) is 1.93. The van der Waals surface area contributed by atoms with Crippen molar-refractivity contribution in [3.63, 3.8) is 0 Å². The van der Waals surface area contributed by atoms with Crippen molar-refractivity contribution in [3.05, 3.63) is 59.2 Å². The van der Waals surface area contributed by atoms with Gasteiger partial charge in [-0.2, -0.15) is 0 Å². The summed E-state index contributed by atoms with van der Waals surface area (Å²) >= 11 is 0. The van der Waals surface area contributed by atoms with Crippen LogP contribution in [0.15, 0.2) is 36.4 Å². The molecule has 23 heavy (non-hydrogen) atoms. The lowest BCUT2D eigenvalue weighted by Crippen LogP contribution is -2.11. The maximum atomic E-state index is 13.0. The average molecular weight is 314 g/mol. The molecular formula is C18H16F2N2O. The second kappa shape index (κ2) is 8.04. The molecule has 0 spiro atoms. The molecule has 5 heteroatoms. The number of nitrogens with one attached hydrogen (secondary N) is 1. The highest BCUT2D eigenvalue weighted by molar-refractivity contribution is 5.91. The second-order valence-corrected chi connectivity index (χ2v) is 4.96. The zero-order valence-electron chi connectivity index (χ0n) is 12.7. The summed E-state index contributed by atoms with van der Waals surface area (Å²) in [5.74, 6) is 5.10. The molecule has 3 nitrogen and oxygen atoms in total. The lowest BCUT2D eigenvalue weighted by Gasteiger charge is -2.07. The molecule has 0 aliphatic heterocycles. The molecule has 0 atom stereocenters. The maximum absolute atomic E-state index is 13.0. The van der Waals surface area contributed by atoms with E-state index in [-0.39, 0.29) is 18.1 Å². The molecule has 0 saturated carbocycles. The number of alkyl halides is 1. The number of nitrogens with zero attached hydrogens (tertiary/aromatic N) is 1. The zero-order chi connectivity index (χ0) is 16.7. The molecule has 0 unspecified atom stereocenters. The van der Waals surface area contributed by atoms with Gasteiger partial charge in [-0.05, 0) is 48.7 Å². The largest absolute Gasteiger partial charge is 0.326 e. The summed E-state index contributed by atoms with van der Waals surface area (Å²) in [5.41, 5.74) is 2.06. The number of pyridine rings is 1. The minimum atomic E-state index is -0.630. The lowest BCUT2D eigenvalue weighted by molar-refractivity contribution is -0.116. The Balaban J connectivity index is 1.86. The Kier molecular flexibility index (Phi) is 5.81. The molecule has 2 rings (SSSR count). The van der Waals surface area contributed by atoms with Crippen LogP contribution in [-0.2, 0) is 11.5 Å². The molecular weight excluding hydrogens is 298 g/mol. The predicted molar refractivity (Wildman–Crippen MR) is 84.9 cm³/mol. The van der Waals surface area contributed by atoms with Crippen molar-refractivity contribution >= 4 is 11.6 Å². The van der Waals surface area contributed by atoms with Crippen molar-refractivity contribution in [2.45, 2.75) is 26.4 Å². The molecule has 1 heterocycles. The summed E-state index contributed by atoms with van der Waals surface area (Å²) in [4.78, 5) is 15.8. The van der Waals surface area contributed by atoms with E-state index in [2.05, 4.69) is 22.1 Å². The summed E-state index contributed by atoms with van der Waals surface area (Å²) < 4.78 is 25.5. The average Bonchev–Trinajstić information content (AvgIpc) is 2.54. The van der Waals surface area contributed by atoms with Crippen molar-refractivity contribution in [1.29, 1.82) is 0 Å². The first-order valence-electron chi connectivity index (χ1n) is 7.15. The van der Waals surface area contributed by atoms with E-state index in [1.807, 2.05) is 0 Å². The number of halogens is 2. The van der Waals surface area contributed by atoms with Crippen LogP contribution in [0.2, 0.25) is 0 Å². The molecule has 118 valence electrons. The van der Waals surface area contributed by atoms with Gasteiger partial charge >= 0.3 is 0 Å². The molecule has 1 aromatic heterocycles. The fraction of sp³-hybridized carbons (Fsp3) is 0.222. The zero-order valence-corrected chi connectivity index (χ0v) is 12.7. The van der Waals surface area contributed by atoms with Gasteiger partial charge in [-0.25, -0.2) is 13.8 Å². The van der Waals surface area contributed by atoms with Crippen LogP contribution in [0.1, 0.15) is 29.8 Å². The molecule has 2 aromatic rings.